The van der Waals surface area contributed by atoms with Crippen molar-refractivity contribution >= 4 is 17.2 Å². The van der Waals surface area contributed by atoms with Crippen LogP contribution in [0.5, 0.6) is 0 Å². The normalized spacial score (nSPS) is 13.0. The van der Waals surface area contributed by atoms with Gasteiger partial charge in [-0.15, -0.1) is 0 Å². The Morgan fingerprint density at radius 3 is 2.78 bits per heavy atom. The molecule has 3 N–H and O–H groups in total. The molecule has 0 aliphatic rings. The van der Waals surface area contributed by atoms with Gasteiger partial charge in [0.25, 0.3) is 0 Å². The number of nitrogens with two attached hydrogens (primary N) is 1. The van der Waals surface area contributed by atoms with Crippen LogP contribution in [0, 0.1) is 5.92 Å². The summed E-state index contributed by atoms with van der Waals surface area (Å²) < 4.78 is 0. The average Bonchev–Trinajstić information content (AvgIpc) is 2.81. The molecule has 0 aliphatic carbocycles. The van der Waals surface area contributed by atoms with E-state index in [1.54, 1.807) is 11.3 Å². The van der Waals surface area contributed by atoms with Crippen molar-refractivity contribution in [1.82, 2.24) is 10.2 Å². The average molecular weight is 269 g/mol. The third kappa shape index (κ3) is 4.76. The summed E-state index contributed by atoms with van der Waals surface area (Å²) in [6.45, 7) is 5.78. The van der Waals surface area contributed by atoms with Crippen molar-refractivity contribution in [2.24, 2.45) is 11.7 Å². The van der Waals surface area contributed by atoms with E-state index in [0.717, 1.165) is 6.54 Å². The molecule has 0 radical (unpaired) electrons. The third-order valence-electron chi connectivity index (χ3n) is 2.78. The number of thiophene rings is 1. The van der Waals surface area contributed by atoms with Gasteiger partial charge in [-0.05, 0) is 35.4 Å². The first-order valence-electron chi connectivity index (χ1n) is 6.23. The van der Waals surface area contributed by atoms with E-state index in [4.69, 9.17) is 5.73 Å². The number of nitrogens with zero attached hydrogens (tertiary/aromatic N) is 1. The van der Waals surface area contributed by atoms with Gasteiger partial charge in [-0.2, -0.15) is 11.3 Å². The molecule has 0 spiro atoms. The summed E-state index contributed by atoms with van der Waals surface area (Å²) >= 11 is 1.65. The lowest BCUT2D eigenvalue weighted by molar-refractivity contribution is -0.122. The Balaban J connectivity index is 2.47. The minimum Gasteiger partial charge on any atom is -0.355 e. The molecular weight excluding hydrogens is 246 g/mol. The van der Waals surface area contributed by atoms with Crippen LogP contribution in [0.3, 0.4) is 0 Å². The second kappa shape index (κ2) is 7.51. The summed E-state index contributed by atoms with van der Waals surface area (Å²) in [4.78, 5) is 13.8. The smallest absolute Gasteiger partial charge is 0.234 e. The molecule has 1 heterocycles. The summed E-state index contributed by atoms with van der Waals surface area (Å²) in [5.41, 5.74) is 6.98. The zero-order valence-corrected chi connectivity index (χ0v) is 12.2. The fourth-order valence-corrected chi connectivity index (χ4v) is 2.45. The first-order chi connectivity index (χ1) is 8.54. The number of carbonyl (C=O) groups excluding carboxylic acids is 1. The van der Waals surface area contributed by atoms with Crippen LogP contribution in [-0.4, -0.2) is 37.5 Å². The molecule has 1 atom stereocenters. The molecule has 18 heavy (non-hydrogen) atoms. The number of likely N-dealkylation sites (N-methyl/N-ethyl adjacent to an activating group) is 1. The Bertz CT molecular complexity index is 351. The number of hydrogen-bond donors (Lipinski definition) is 2. The van der Waals surface area contributed by atoms with Gasteiger partial charge in [-0.25, -0.2) is 0 Å². The highest BCUT2D eigenvalue weighted by Crippen LogP contribution is 2.20. The number of carbonyl (C=O) groups is 1. The summed E-state index contributed by atoms with van der Waals surface area (Å²) in [6, 6.07) is 2.17. The van der Waals surface area contributed by atoms with Gasteiger partial charge in [0.1, 0.15) is 0 Å². The van der Waals surface area contributed by atoms with Crippen LogP contribution in [0.1, 0.15) is 25.5 Å². The summed E-state index contributed by atoms with van der Waals surface area (Å²) in [7, 11) is 1.93. The Kier molecular flexibility index (Phi) is 6.32. The van der Waals surface area contributed by atoms with Crippen molar-refractivity contribution < 1.29 is 4.79 Å². The highest BCUT2D eigenvalue weighted by Gasteiger charge is 2.18. The molecule has 1 aromatic heterocycles. The van der Waals surface area contributed by atoms with Crippen LogP contribution in [0.15, 0.2) is 16.8 Å². The molecule has 0 saturated heterocycles. The van der Waals surface area contributed by atoms with Crippen LogP contribution in [-0.2, 0) is 4.79 Å². The van der Waals surface area contributed by atoms with E-state index in [2.05, 4.69) is 30.6 Å². The maximum Gasteiger partial charge on any atom is 0.234 e. The Morgan fingerprint density at radius 1 is 1.56 bits per heavy atom. The SMILES string of the molecule is CC(C)CNC(=O)CN(C)C(CN)c1ccsc1. The Hall–Kier alpha value is -0.910. The van der Waals surface area contributed by atoms with Crippen LogP contribution < -0.4 is 11.1 Å². The van der Waals surface area contributed by atoms with E-state index < -0.39 is 0 Å². The third-order valence-corrected chi connectivity index (χ3v) is 3.49. The van der Waals surface area contributed by atoms with Crippen molar-refractivity contribution in [3.8, 4) is 0 Å². The maximum absolute atomic E-state index is 11.8. The van der Waals surface area contributed by atoms with Crippen LogP contribution in [0.4, 0.5) is 0 Å². The van der Waals surface area contributed by atoms with Gasteiger partial charge >= 0.3 is 0 Å². The van der Waals surface area contributed by atoms with E-state index in [1.165, 1.54) is 5.56 Å². The molecule has 102 valence electrons. The number of amides is 1. The second-order valence-corrected chi connectivity index (χ2v) is 5.70. The maximum atomic E-state index is 11.8. The molecule has 1 aromatic rings. The zero-order valence-electron chi connectivity index (χ0n) is 11.3. The summed E-state index contributed by atoms with van der Waals surface area (Å²) in [6.07, 6.45) is 0. The molecular formula is C13H23N3OS. The topological polar surface area (TPSA) is 58.4 Å². The quantitative estimate of drug-likeness (QED) is 0.788. The van der Waals surface area contributed by atoms with Gasteiger partial charge in [-0.3, -0.25) is 9.69 Å². The molecule has 1 unspecified atom stereocenters. The van der Waals surface area contributed by atoms with Crippen molar-refractivity contribution in [1.29, 1.82) is 0 Å². The van der Waals surface area contributed by atoms with Crippen LogP contribution in [0.25, 0.3) is 0 Å². The number of rotatable bonds is 7. The molecule has 0 bridgehead atoms. The van der Waals surface area contributed by atoms with Gasteiger partial charge in [0.05, 0.1) is 6.54 Å². The predicted molar refractivity (Wildman–Crippen MR) is 76.6 cm³/mol. The van der Waals surface area contributed by atoms with E-state index in [1.807, 2.05) is 17.3 Å². The molecule has 1 amide bonds. The lowest BCUT2D eigenvalue weighted by Gasteiger charge is -2.26. The summed E-state index contributed by atoms with van der Waals surface area (Å²) in [5, 5.41) is 7.03. The van der Waals surface area contributed by atoms with Crippen LogP contribution >= 0.6 is 11.3 Å². The minimum absolute atomic E-state index is 0.0554. The molecule has 0 saturated carbocycles. The lowest BCUT2D eigenvalue weighted by atomic mass is 10.1. The highest BCUT2D eigenvalue weighted by molar-refractivity contribution is 7.07. The standard InChI is InChI=1S/C13H23N3OS/c1-10(2)7-15-13(17)8-16(3)12(6-14)11-4-5-18-9-11/h4-5,9-10,12H,6-8,14H2,1-3H3,(H,15,17). The first-order valence-corrected chi connectivity index (χ1v) is 7.18. The van der Waals surface area contributed by atoms with Gasteiger partial charge in [-0.1, -0.05) is 13.8 Å². The summed E-state index contributed by atoms with van der Waals surface area (Å²) in [5.74, 6) is 0.529. The molecule has 0 aliphatic heterocycles. The molecule has 4 nitrogen and oxygen atoms in total. The monoisotopic (exact) mass is 269 g/mol. The largest absolute Gasteiger partial charge is 0.355 e. The van der Waals surface area contributed by atoms with Crippen molar-refractivity contribution in [3.63, 3.8) is 0 Å². The number of hydrogen-bond acceptors (Lipinski definition) is 4. The van der Waals surface area contributed by atoms with E-state index in [0.29, 0.717) is 19.0 Å². The van der Waals surface area contributed by atoms with Gasteiger partial charge < -0.3 is 11.1 Å². The highest BCUT2D eigenvalue weighted by atomic mass is 32.1. The second-order valence-electron chi connectivity index (χ2n) is 4.92. The van der Waals surface area contributed by atoms with Crippen molar-refractivity contribution in [3.05, 3.63) is 22.4 Å². The molecule has 0 aromatic carbocycles. The lowest BCUT2D eigenvalue weighted by Crippen LogP contribution is -2.40. The van der Waals surface area contributed by atoms with E-state index >= 15 is 0 Å². The predicted octanol–water partition coefficient (Wildman–Crippen LogP) is 1.45. The zero-order chi connectivity index (χ0) is 13.5. The van der Waals surface area contributed by atoms with Crippen molar-refractivity contribution in [2.45, 2.75) is 19.9 Å². The Labute approximate surface area is 113 Å². The van der Waals surface area contributed by atoms with Crippen LogP contribution in [0.2, 0.25) is 0 Å². The molecule has 0 fully saturated rings. The Morgan fingerprint density at radius 2 is 2.28 bits per heavy atom. The van der Waals surface area contributed by atoms with Crippen molar-refractivity contribution in [2.75, 3.05) is 26.7 Å². The number of nitrogens with one attached hydrogen (secondary N) is 1. The first kappa shape index (κ1) is 15.1. The molecule has 1 rings (SSSR count). The van der Waals surface area contributed by atoms with E-state index in [9.17, 15) is 4.79 Å². The fraction of sp³-hybridized carbons (Fsp3) is 0.615. The van der Waals surface area contributed by atoms with Gasteiger partial charge in [0.15, 0.2) is 0 Å². The van der Waals surface area contributed by atoms with E-state index in [-0.39, 0.29) is 11.9 Å². The minimum atomic E-state index is 0.0554. The molecule has 5 heteroatoms. The van der Waals surface area contributed by atoms with Gasteiger partial charge in [0, 0.05) is 19.1 Å². The van der Waals surface area contributed by atoms with Gasteiger partial charge in [0.2, 0.25) is 5.91 Å². The fourth-order valence-electron chi connectivity index (χ4n) is 1.75.